The zero-order chi connectivity index (χ0) is 9.38. The molecule has 1 saturated heterocycles. The van der Waals surface area contributed by atoms with Crippen molar-refractivity contribution in [1.29, 1.82) is 0 Å². The molecular formula is C13H17N. The van der Waals surface area contributed by atoms with Crippen LogP contribution in [-0.4, -0.2) is 13.1 Å². The van der Waals surface area contributed by atoms with Crippen molar-refractivity contribution in [3.8, 4) is 0 Å². The van der Waals surface area contributed by atoms with Crippen LogP contribution >= 0.6 is 0 Å². The van der Waals surface area contributed by atoms with E-state index in [2.05, 4.69) is 29.6 Å². The maximum Gasteiger partial charge on any atom is 0.00230 e. The zero-order valence-electron chi connectivity index (χ0n) is 8.50. The van der Waals surface area contributed by atoms with Crippen LogP contribution in [0, 0.1) is 5.92 Å². The molecule has 0 aromatic heterocycles. The monoisotopic (exact) mass is 187 g/mol. The van der Waals surface area contributed by atoms with Crippen LogP contribution in [0.3, 0.4) is 0 Å². The van der Waals surface area contributed by atoms with Crippen LogP contribution in [0.4, 0.5) is 0 Å². The van der Waals surface area contributed by atoms with Gasteiger partial charge in [0.2, 0.25) is 0 Å². The van der Waals surface area contributed by atoms with Gasteiger partial charge in [0.1, 0.15) is 0 Å². The summed E-state index contributed by atoms with van der Waals surface area (Å²) in [5.74, 6) is 1.72. The topological polar surface area (TPSA) is 12.0 Å². The van der Waals surface area contributed by atoms with E-state index < -0.39 is 0 Å². The third-order valence-corrected chi connectivity index (χ3v) is 3.80. The summed E-state index contributed by atoms with van der Waals surface area (Å²) in [5.41, 5.74) is 3.22. The molecule has 2 aliphatic rings. The molecule has 0 unspecified atom stereocenters. The van der Waals surface area contributed by atoms with Gasteiger partial charge in [-0.05, 0) is 48.8 Å². The molecule has 1 nitrogen and oxygen atoms in total. The second kappa shape index (κ2) is 3.39. The summed E-state index contributed by atoms with van der Waals surface area (Å²) in [7, 11) is 0. The summed E-state index contributed by atoms with van der Waals surface area (Å²) < 4.78 is 0. The fraction of sp³-hybridized carbons (Fsp3) is 0.538. The lowest BCUT2D eigenvalue weighted by Crippen LogP contribution is -2.20. The Morgan fingerprint density at radius 1 is 1.21 bits per heavy atom. The van der Waals surface area contributed by atoms with Crippen molar-refractivity contribution < 1.29 is 0 Å². The summed E-state index contributed by atoms with van der Waals surface area (Å²) >= 11 is 0. The number of hydrogen-bond acceptors (Lipinski definition) is 1. The number of benzene rings is 1. The van der Waals surface area contributed by atoms with Crippen molar-refractivity contribution in [2.75, 3.05) is 13.1 Å². The zero-order valence-corrected chi connectivity index (χ0v) is 8.50. The standard InChI is InChI=1S/C13H17N/c1-2-6-12-10(4-1)8-11-5-3-7-14-9-13(11)12/h1-2,4,6,11,13-14H,3,5,7-9H2/t11-,13+/m0/s1. The van der Waals surface area contributed by atoms with Crippen LogP contribution in [0.25, 0.3) is 0 Å². The minimum atomic E-state index is 0.800. The Bertz CT molecular complexity index is 332. The Hall–Kier alpha value is -0.820. The molecule has 1 aliphatic heterocycles. The maximum atomic E-state index is 3.56. The van der Waals surface area contributed by atoms with Gasteiger partial charge in [-0.3, -0.25) is 0 Å². The molecule has 1 N–H and O–H groups in total. The molecule has 14 heavy (non-hydrogen) atoms. The van der Waals surface area contributed by atoms with E-state index in [9.17, 15) is 0 Å². The minimum Gasteiger partial charge on any atom is -0.316 e. The number of hydrogen-bond donors (Lipinski definition) is 1. The Morgan fingerprint density at radius 3 is 3.14 bits per heavy atom. The van der Waals surface area contributed by atoms with Crippen LogP contribution in [0.15, 0.2) is 24.3 Å². The average Bonchev–Trinajstić information content (AvgIpc) is 2.42. The predicted molar refractivity (Wildman–Crippen MR) is 58.5 cm³/mol. The van der Waals surface area contributed by atoms with Crippen LogP contribution < -0.4 is 5.32 Å². The molecule has 1 aromatic carbocycles. The van der Waals surface area contributed by atoms with E-state index >= 15 is 0 Å². The van der Waals surface area contributed by atoms with E-state index in [0.717, 1.165) is 11.8 Å². The first-order valence-electron chi connectivity index (χ1n) is 5.73. The van der Waals surface area contributed by atoms with Crippen LogP contribution in [0.1, 0.15) is 29.9 Å². The van der Waals surface area contributed by atoms with Crippen molar-refractivity contribution in [3.05, 3.63) is 35.4 Å². The second-order valence-electron chi connectivity index (χ2n) is 4.62. The van der Waals surface area contributed by atoms with Gasteiger partial charge in [0, 0.05) is 6.54 Å². The van der Waals surface area contributed by atoms with Gasteiger partial charge >= 0.3 is 0 Å². The molecule has 3 rings (SSSR count). The third kappa shape index (κ3) is 1.27. The molecule has 1 aliphatic carbocycles. The van der Waals surface area contributed by atoms with Gasteiger partial charge in [0.25, 0.3) is 0 Å². The quantitative estimate of drug-likeness (QED) is 0.657. The molecule has 1 aromatic rings. The highest BCUT2D eigenvalue weighted by molar-refractivity contribution is 5.36. The molecule has 1 heteroatoms. The smallest absolute Gasteiger partial charge is 0.00230 e. The maximum absolute atomic E-state index is 3.56. The second-order valence-corrected chi connectivity index (χ2v) is 4.62. The van der Waals surface area contributed by atoms with Crippen molar-refractivity contribution in [1.82, 2.24) is 5.32 Å². The summed E-state index contributed by atoms with van der Waals surface area (Å²) in [4.78, 5) is 0. The van der Waals surface area contributed by atoms with Crippen molar-refractivity contribution >= 4 is 0 Å². The number of nitrogens with one attached hydrogen (secondary N) is 1. The molecule has 1 fully saturated rings. The molecular weight excluding hydrogens is 170 g/mol. The highest BCUT2D eigenvalue weighted by Gasteiger charge is 2.32. The van der Waals surface area contributed by atoms with E-state index in [4.69, 9.17) is 0 Å². The van der Waals surface area contributed by atoms with Crippen molar-refractivity contribution in [2.24, 2.45) is 5.92 Å². The van der Waals surface area contributed by atoms with Gasteiger partial charge in [-0.1, -0.05) is 24.3 Å². The van der Waals surface area contributed by atoms with Crippen molar-refractivity contribution in [3.63, 3.8) is 0 Å². The Kier molecular flexibility index (Phi) is 2.06. The van der Waals surface area contributed by atoms with Gasteiger partial charge in [-0.2, -0.15) is 0 Å². The van der Waals surface area contributed by atoms with Gasteiger partial charge in [-0.15, -0.1) is 0 Å². The highest BCUT2D eigenvalue weighted by Crippen LogP contribution is 2.40. The van der Waals surface area contributed by atoms with Crippen LogP contribution in [-0.2, 0) is 6.42 Å². The fourth-order valence-electron chi connectivity index (χ4n) is 3.09. The van der Waals surface area contributed by atoms with Crippen molar-refractivity contribution in [2.45, 2.75) is 25.2 Å². The van der Waals surface area contributed by atoms with Gasteiger partial charge in [-0.25, -0.2) is 0 Å². The third-order valence-electron chi connectivity index (χ3n) is 3.80. The lowest BCUT2D eigenvalue weighted by atomic mass is 9.90. The molecule has 0 saturated carbocycles. The molecule has 0 spiro atoms. The Labute approximate surface area is 85.5 Å². The minimum absolute atomic E-state index is 0.800. The summed E-state index contributed by atoms with van der Waals surface area (Å²) in [5, 5.41) is 3.56. The molecule has 2 atom stereocenters. The first kappa shape index (κ1) is 8.49. The first-order chi connectivity index (χ1) is 6.95. The van der Waals surface area contributed by atoms with E-state index in [-0.39, 0.29) is 0 Å². The predicted octanol–water partition coefficient (Wildman–Crippen LogP) is 2.33. The molecule has 0 radical (unpaired) electrons. The molecule has 74 valence electrons. The number of fused-ring (bicyclic) bond motifs is 3. The fourth-order valence-corrected chi connectivity index (χ4v) is 3.09. The lowest BCUT2D eigenvalue weighted by Gasteiger charge is -2.16. The average molecular weight is 187 g/mol. The summed E-state index contributed by atoms with van der Waals surface area (Å²) in [6.45, 7) is 2.41. The number of rotatable bonds is 0. The summed E-state index contributed by atoms with van der Waals surface area (Å²) in [6, 6.07) is 9.00. The SMILES string of the molecule is c1ccc2c(c1)C[C@@H]1CCCNC[C@@H]21. The molecule has 1 heterocycles. The van der Waals surface area contributed by atoms with E-state index in [1.54, 1.807) is 11.1 Å². The van der Waals surface area contributed by atoms with E-state index in [0.29, 0.717) is 0 Å². The van der Waals surface area contributed by atoms with E-state index in [1.165, 1.54) is 32.4 Å². The molecule has 0 bridgehead atoms. The Morgan fingerprint density at radius 2 is 2.14 bits per heavy atom. The largest absolute Gasteiger partial charge is 0.316 e. The highest BCUT2D eigenvalue weighted by atomic mass is 14.9. The first-order valence-corrected chi connectivity index (χ1v) is 5.73. The molecule has 0 amide bonds. The summed E-state index contributed by atoms with van der Waals surface area (Å²) in [6.07, 6.45) is 4.09. The van der Waals surface area contributed by atoms with Crippen LogP contribution in [0.5, 0.6) is 0 Å². The van der Waals surface area contributed by atoms with Gasteiger partial charge < -0.3 is 5.32 Å². The van der Waals surface area contributed by atoms with Gasteiger partial charge in [0.05, 0.1) is 0 Å². The Balaban J connectivity index is 1.96. The van der Waals surface area contributed by atoms with Gasteiger partial charge in [0.15, 0.2) is 0 Å². The normalized spacial score (nSPS) is 30.6. The van der Waals surface area contributed by atoms with E-state index in [1.807, 2.05) is 0 Å². The lowest BCUT2D eigenvalue weighted by molar-refractivity contribution is 0.446. The van der Waals surface area contributed by atoms with Crippen LogP contribution in [0.2, 0.25) is 0 Å².